The monoisotopic (exact) mass is 765 g/mol. The molecule has 7 rings (SSSR count). The molecule has 1 aliphatic rings. The lowest BCUT2D eigenvalue weighted by molar-refractivity contribution is -0.151. The molecule has 5 aromatic carbocycles. The van der Waals surface area contributed by atoms with Crippen LogP contribution in [0.3, 0.4) is 0 Å². The van der Waals surface area contributed by atoms with Gasteiger partial charge in [0, 0.05) is 32.6 Å². The van der Waals surface area contributed by atoms with Crippen molar-refractivity contribution >= 4 is 71.6 Å². The molecule has 16 nitrogen and oxygen atoms in total. The van der Waals surface area contributed by atoms with Gasteiger partial charge in [0.05, 0.1) is 54.8 Å². The van der Waals surface area contributed by atoms with Gasteiger partial charge < -0.3 is 39.2 Å². The zero-order valence-electron chi connectivity index (χ0n) is 31.0. The number of aliphatic carboxylic acids is 1. The summed E-state index contributed by atoms with van der Waals surface area (Å²) in [6.07, 6.45) is 0.449. The van der Waals surface area contributed by atoms with E-state index in [1.807, 2.05) is 6.92 Å². The number of phenolic OH excluding ortho intramolecular Hbond substituents is 1. The number of rotatable bonds is 8. The first-order chi connectivity index (χ1) is 26.6. The first-order valence-corrected chi connectivity index (χ1v) is 17.6. The van der Waals surface area contributed by atoms with E-state index in [0.29, 0.717) is 6.42 Å². The Morgan fingerprint density at radius 3 is 1.95 bits per heavy atom. The molecule has 1 aromatic heterocycles. The Morgan fingerprint density at radius 2 is 1.38 bits per heavy atom. The first kappa shape index (κ1) is 37.5. The van der Waals surface area contributed by atoms with E-state index in [1.165, 1.54) is 58.6 Å². The quantitative estimate of drug-likeness (QED) is 0.149. The topological polar surface area (TPSA) is 225 Å². The number of methoxy groups -OCH3 is 3. The number of carbonyl (C=O) groups excluding carboxylic acids is 2. The highest BCUT2D eigenvalue weighted by Crippen LogP contribution is 2.44. The number of phenols is 1. The molecule has 16 heteroatoms. The summed E-state index contributed by atoms with van der Waals surface area (Å²) in [5.74, 6) is -4.22. The smallest absolute Gasteiger partial charge is 0.328 e. The maximum absolute atomic E-state index is 14.7. The van der Waals surface area contributed by atoms with Crippen LogP contribution in [-0.2, 0) is 20.9 Å². The highest BCUT2D eigenvalue weighted by Gasteiger charge is 2.38. The zero-order valence-corrected chi connectivity index (χ0v) is 31.0. The molecule has 0 aliphatic carbocycles. The van der Waals surface area contributed by atoms with Gasteiger partial charge in [0.15, 0.2) is 5.43 Å². The number of nitrogens with zero attached hydrogens (tertiary/aromatic N) is 2. The number of piperazine rings is 1. The lowest BCUT2D eigenvalue weighted by Crippen LogP contribution is -2.63. The summed E-state index contributed by atoms with van der Waals surface area (Å²) in [6, 6.07) is 4.43. The van der Waals surface area contributed by atoms with Crippen LogP contribution < -0.4 is 46.8 Å². The van der Waals surface area contributed by atoms with Crippen molar-refractivity contribution in [2.75, 3.05) is 27.9 Å². The van der Waals surface area contributed by atoms with Gasteiger partial charge in [-0.1, -0.05) is 13.8 Å². The third-order valence-corrected chi connectivity index (χ3v) is 10.9. The SMILES string of the molecule is CCC(C)c1cc2c(=O)c3ccc4c(OC)c5c(=O)c6c(OC)ccc(OC)c6c(=O)c5c(O)c4c3c(=O)c2c(=O)n1CC(=O)N1CC(C(=O)O)NC(=O)C1C. The number of carboxylic acid groups (broad SMARTS) is 1. The Hall–Kier alpha value is -6.84. The molecule has 56 heavy (non-hydrogen) atoms. The number of pyridine rings is 1. The van der Waals surface area contributed by atoms with Crippen LogP contribution in [0.2, 0.25) is 0 Å². The van der Waals surface area contributed by atoms with Crippen LogP contribution in [0.25, 0.3) is 53.9 Å². The van der Waals surface area contributed by atoms with Crippen molar-refractivity contribution in [3.63, 3.8) is 0 Å². The van der Waals surface area contributed by atoms with Crippen molar-refractivity contribution in [1.82, 2.24) is 14.8 Å². The van der Waals surface area contributed by atoms with Gasteiger partial charge in [0.1, 0.15) is 41.6 Å². The molecule has 1 aliphatic heterocycles. The van der Waals surface area contributed by atoms with E-state index in [2.05, 4.69) is 5.32 Å². The van der Waals surface area contributed by atoms with Crippen LogP contribution in [0, 0.1) is 0 Å². The summed E-state index contributed by atoms with van der Waals surface area (Å²) in [4.78, 5) is 111. The molecule has 3 atom stereocenters. The Morgan fingerprint density at radius 1 is 0.786 bits per heavy atom. The van der Waals surface area contributed by atoms with Crippen LogP contribution in [-0.4, -0.2) is 77.4 Å². The maximum atomic E-state index is 14.7. The minimum Gasteiger partial charge on any atom is -0.506 e. The van der Waals surface area contributed by atoms with Gasteiger partial charge in [-0.05, 0) is 49.6 Å². The van der Waals surface area contributed by atoms with Gasteiger partial charge in [-0.2, -0.15) is 0 Å². The number of hydrogen-bond donors (Lipinski definition) is 3. The summed E-state index contributed by atoms with van der Waals surface area (Å²) in [5, 5.41) is 20.9. The maximum Gasteiger partial charge on any atom is 0.328 e. The average Bonchev–Trinajstić information content (AvgIpc) is 3.18. The lowest BCUT2D eigenvalue weighted by Gasteiger charge is -2.36. The molecule has 288 valence electrons. The predicted octanol–water partition coefficient (Wildman–Crippen LogP) is 1.98. The van der Waals surface area contributed by atoms with Crippen LogP contribution in [0.1, 0.15) is 38.8 Å². The third kappa shape index (κ3) is 5.19. The molecule has 2 amide bonds. The molecule has 1 saturated heterocycles. The lowest BCUT2D eigenvalue weighted by atomic mass is 9.91. The Kier molecular flexibility index (Phi) is 9.02. The fourth-order valence-corrected chi connectivity index (χ4v) is 7.84. The molecule has 1 fully saturated rings. The van der Waals surface area contributed by atoms with Crippen molar-refractivity contribution < 1.29 is 38.8 Å². The number of amides is 2. The largest absolute Gasteiger partial charge is 0.506 e. The number of nitrogens with one attached hydrogen (secondary N) is 1. The van der Waals surface area contributed by atoms with E-state index in [-0.39, 0.29) is 67.2 Å². The number of carbonyl (C=O) groups is 3. The molecule has 0 radical (unpaired) electrons. The zero-order chi connectivity index (χ0) is 40.7. The van der Waals surface area contributed by atoms with Crippen LogP contribution in [0.4, 0.5) is 0 Å². The minimum absolute atomic E-state index is 0.00352. The van der Waals surface area contributed by atoms with E-state index >= 15 is 0 Å². The van der Waals surface area contributed by atoms with Crippen molar-refractivity contribution in [1.29, 1.82) is 0 Å². The second-order valence-electron chi connectivity index (χ2n) is 13.8. The molecular weight excluding hydrogens is 730 g/mol. The van der Waals surface area contributed by atoms with Gasteiger partial charge in [-0.15, -0.1) is 0 Å². The summed E-state index contributed by atoms with van der Waals surface area (Å²) in [6.45, 7) is 3.89. The first-order valence-electron chi connectivity index (χ1n) is 17.6. The van der Waals surface area contributed by atoms with Gasteiger partial charge in [-0.25, -0.2) is 4.79 Å². The van der Waals surface area contributed by atoms with Gasteiger partial charge in [0.2, 0.25) is 28.1 Å². The predicted molar refractivity (Wildman–Crippen MR) is 206 cm³/mol. The molecule has 6 aromatic rings. The standard InChI is InChI=1S/C40H35N3O13/c1-7-15(2)21-12-19-27(39(51)43(21)14-24(44)42-13-20(40(52)53)41-38(50)16(42)3)33(46)25-17(32(19)45)8-9-18-26(25)34(47)30-31(37(18)56-6)36(49)29-23(55-5)11-10-22(54-4)28(29)35(30)48/h8-12,15-16,20,47H,7,13-14H2,1-6H3,(H,41,50)(H,52,53). The van der Waals surface area contributed by atoms with E-state index in [1.54, 1.807) is 6.92 Å². The number of aromatic hydroxyl groups is 1. The molecule has 3 N–H and O–H groups in total. The molecule has 0 saturated carbocycles. The second-order valence-corrected chi connectivity index (χ2v) is 13.8. The van der Waals surface area contributed by atoms with Crippen molar-refractivity contribution in [2.24, 2.45) is 0 Å². The second kappa shape index (κ2) is 13.5. The highest BCUT2D eigenvalue weighted by molar-refractivity contribution is 6.23. The Labute approximate surface area is 314 Å². The van der Waals surface area contributed by atoms with Crippen LogP contribution >= 0.6 is 0 Å². The van der Waals surface area contributed by atoms with Crippen LogP contribution in [0.5, 0.6) is 23.0 Å². The van der Waals surface area contributed by atoms with E-state index in [0.717, 1.165) is 9.47 Å². The number of carboxylic acids is 1. The fourth-order valence-electron chi connectivity index (χ4n) is 7.84. The fraction of sp³-hybridized carbons (Fsp3) is 0.300. The molecular formula is C40H35N3O13. The van der Waals surface area contributed by atoms with Gasteiger partial charge >= 0.3 is 5.97 Å². The molecule has 2 heterocycles. The van der Waals surface area contributed by atoms with Gasteiger partial charge in [-0.3, -0.25) is 33.6 Å². The average molecular weight is 766 g/mol. The Balaban J connectivity index is 1.59. The van der Waals surface area contributed by atoms with Crippen molar-refractivity contribution in [2.45, 2.75) is 51.7 Å². The number of ether oxygens (including phenoxy) is 3. The molecule has 3 unspecified atom stereocenters. The number of fused-ring (bicyclic) bond motifs is 6. The minimum atomic E-state index is -1.39. The third-order valence-electron chi connectivity index (χ3n) is 10.9. The van der Waals surface area contributed by atoms with Crippen LogP contribution in [0.15, 0.2) is 54.3 Å². The van der Waals surface area contributed by atoms with E-state index < -0.39 is 91.5 Å². The summed E-state index contributed by atoms with van der Waals surface area (Å²) >= 11 is 0. The van der Waals surface area contributed by atoms with Crippen molar-refractivity contribution in [3.8, 4) is 23.0 Å². The number of aromatic nitrogens is 1. The number of benzene rings is 5. The molecule has 0 spiro atoms. The van der Waals surface area contributed by atoms with Gasteiger partial charge in [0.25, 0.3) is 5.56 Å². The molecule has 0 bridgehead atoms. The summed E-state index contributed by atoms with van der Waals surface area (Å²) in [5.41, 5.74) is -4.14. The number of hydrogen-bond acceptors (Lipinski definition) is 12. The normalized spacial score (nSPS) is 16.5. The summed E-state index contributed by atoms with van der Waals surface area (Å²) < 4.78 is 17.5. The Bertz CT molecular complexity index is 3040. The highest BCUT2D eigenvalue weighted by atomic mass is 16.5. The van der Waals surface area contributed by atoms with Crippen molar-refractivity contribution in [3.05, 3.63) is 87.3 Å². The van der Waals surface area contributed by atoms with E-state index in [4.69, 9.17) is 14.2 Å². The van der Waals surface area contributed by atoms with E-state index in [9.17, 15) is 48.6 Å². The summed E-state index contributed by atoms with van der Waals surface area (Å²) in [7, 11) is 3.83.